The molecule has 0 bridgehead atoms. The second-order valence-electron chi connectivity index (χ2n) is 5.09. The number of nitrogens with zero attached hydrogens (tertiary/aromatic N) is 1. The zero-order chi connectivity index (χ0) is 13.7. The molecule has 0 aliphatic carbocycles. The molecule has 0 amide bonds. The van der Waals surface area contributed by atoms with Crippen LogP contribution in [0, 0.1) is 5.92 Å². The summed E-state index contributed by atoms with van der Waals surface area (Å²) in [6.45, 7) is 2.41. The predicted octanol–water partition coefficient (Wildman–Crippen LogP) is 2.17. The van der Waals surface area contributed by atoms with E-state index >= 15 is 0 Å². The van der Waals surface area contributed by atoms with Gasteiger partial charge in [-0.1, -0.05) is 30.3 Å². The maximum atomic E-state index is 11.5. The van der Waals surface area contributed by atoms with E-state index in [1.807, 2.05) is 30.3 Å². The number of carboxylic acids is 1. The molecular formula is C15H21NO3. The summed E-state index contributed by atoms with van der Waals surface area (Å²) < 4.78 is 5.17. The Hall–Kier alpha value is -1.39. The van der Waals surface area contributed by atoms with Crippen LogP contribution < -0.4 is 0 Å². The summed E-state index contributed by atoms with van der Waals surface area (Å²) in [5.74, 6) is -0.206. The smallest absolute Gasteiger partial charge is 0.325 e. The lowest BCUT2D eigenvalue weighted by Gasteiger charge is -2.35. The number of hydrogen-bond acceptors (Lipinski definition) is 3. The molecule has 0 radical (unpaired) electrons. The summed E-state index contributed by atoms with van der Waals surface area (Å²) in [4.78, 5) is 13.6. The van der Waals surface area contributed by atoms with Crippen molar-refractivity contribution in [1.82, 2.24) is 4.90 Å². The fourth-order valence-corrected chi connectivity index (χ4v) is 2.76. The summed E-state index contributed by atoms with van der Waals surface area (Å²) in [6.07, 6.45) is 2.01. The van der Waals surface area contributed by atoms with Crippen molar-refractivity contribution in [3.63, 3.8) is 0 Å². The number of benzene rings is 1. The molecule has 2 rings (SSSR count). The highest BCUT2D eigenvalue weighted by Crippen LogP contribution is 2.27. The van der Waals surface area contributed by atoms with Gasteiger partial charge in [-0.15, -0.1) is 0 Å². The molecular weight excluding hydrogens is 242 g/mol. The first-order valence-corrected chi connectivity index (χ1v) is 6.73. The standard InChI is InChI=1S/C15H21NO3/c1-19-11-12-7-9-16(10-8-12)14(15(17)18)13-5-3-2-4-6-13/h2-6,12,14H,7-11H2,1H3,(H,17,18). The van der Waals surface area contributed by atoms with Crippen LogP contribution in [-0.2, 0) is 9.53 Å². The number of ether oxygens (including phenoxy) is 1. The molecule has 1 aromatic rings. The lowest BCUT2D eigenvalue weighted by molar-refractivity contribution is -0.144. The van der Waals surface area contributed by atoms with E-state index in [0.29, 0.717) is 5.92 Å². The Morgan fingerprint density at radius 1 is 1.37 bits per heavy atom. The maximum Gasteiger partial charge on any atom is 0.325 e. The fraction of sp³-hybridized carbons (Fsp3) is 0.533. The lowest BCUT2D eigenvalue weighted by Crippen LogP contribution is -2.40. The van der Waals surface area contributed by atoms with E-state index < -0.39 is 12.0 Å². The van der Waals surface area contributed by atoms with E-state index in [2.05, 4.69) is 4.90 Å². The first-order valence-electron chi connectivity index (χ1n) is 6.73. The third-order valence-corrected chi connectivity index (χ3v) is 3.77. The quantitative estimate of drug-likeness (QED) is 0.884. The third-order valence-electron chi connectivity index (χ3n) is 3.77. The Balaban J connectivity index is 2.04. The van der Waals surface area contributed by atoms with Gasteiger partial charge in [0.1, 0.15) is 6.04 Å². The first kappa shape index (κ1) is 14.0. The van der Waals surface area contributed by atoms with Gasteiger partial charge in [0.2, 0.25) is 0 Å². The van der Waals surface area contributed by atoms with Gasteiger partial charge < -0.3 is 9.84 Å². The Morgan fingerprint density at radius 3 is 2.53 bits per heavy atom. The minimum Gasteiger partial charge on any atom is -0.480 e. The van der Waals surface area contributed by atoms with Crippen molar-refractivity contribution in [2.45, 2.75) is 18.9 Å². The van der Waals surface area contributed by atoms with E-state index in [1.165, 1.54) is 0 Å². The van der Waals surface area contributed by atoms with E-state index in [0.717, 1.165) is 38.1 Å². The Bertz CT molecular complexity index is 399. The number of carbonyl (C=O) groups is 1. The zero-order valence-electron chi connectivity index (χ0n) is 11.3. The van der Waals surface area contributed by atoms with Crippen LogP contribution in [0.2, 0.25) is 0 Å². The highest BCUT2D eigenvalue weighted by Gasteiger charge is 2.30. The van der Waals surface area contributed by atoms with Crippen LogP contribution in [0.1, 0.15) is 24.4 Å². The monoisotopic (exact) mass is 263 g/mol. The molecule has 1 aliphatic rings. The largest absolute Gasteiger partial charge is 0.480 e. The Morgan fingerprint density at radius 2 is 2.00 bits per heavy atom. The summed E-state index contributed by atoms with van der Waals surface area (Å²) in [5, 5.41) is 9.48. The second-order valence-corrected chi connectivity index (χ2v) is 5.09. The van der Waals surface area contributed by atoms with E-state index in [9.17, 15) is 9.90 Å². The number of likely N-dealkylation sites (tertiary alicyclic amines) is 1. The number of aliphatic carboxylic acids is 1. The lowest BCUT2D eigenvalue weighted by atomic mass is 9.95. The molecule has 0 spiro atoms. The van der Waals surface area contributed by atoms with Crippen molar-refractivity contribution in [3.8, 4) is 0 Å². The summed E-state index contributed by atoms with van der Waals surface area (Å²) >= 11 is 0. The number of piperidine rings is 1. The van der Waals surface area contributed by atoms with E-state index in [1.54, 1.807) is 7.11 Å². The minimum absolute atomic E-state index is 0.523. The number of hydrogen-bond donors (Lipinski definition) is 1. The van der Waals surface area contributed by atoms with Gasteiger partial charge in [0.25, 0.3) is 0 Å². The van der Waals surface area contributed by atoms with Gasteiger partial charge in [0, 0.05) is 13.7 Å². The highest BCUT2D eigenvalue weighted by atomic mass is 16.5. The van der Waals surface area contributed by atoms with E-state index in [-0.39, 0.29) is 0 Å². The molecule has 0 saturated carbocycles. The average molecular weight is 263 g/mol. The number of methoxy groups -OCH3 is 1. The van der Waals surface area contributed by atoms with Gasteiger partial charge in [-0.25, -0.2) is 0 Å². The molecule has 1 aliphatic heterocycles. The van der Waals surface area contributed by atoms with Crippen molar-refractivity contribution >= 4 is 5.97 Å². The zero-order valence-corrected chi connectivity index (χ0v) is 11.3. The molecule has 1 fully saturated rings. The second kappa shape index (κ2) is 6.68. The fourth-order valence-electron chi connectivity index (χ4n) is 2.76. The molecule has 1 heterocycles. The molecule has 19 heavy (non-hydrogen) atoms. The summed E-state index contributed by atoms with van der Waals surface area (Å²) in [7, 11) is 1.72. The Labute approximate surface area is 114 Å². The van der Waals surface area contributed by atoms with Gasteiger partial charge in [-0.2, -0.15) is 0 Å². The topological polar surface area (TPSA) is 49.8 Å². The highest BCUT2D eigenvalue weighted by molar-refractivity contribution is 5.75. The van der Waals surface area contributed by atoms with Crippen LogP contribution in [0.3, 0.4) is 0 Å². The van der Waals surface area contributed by atoms with Crippen LogP contribution in [0.15, 0.2) is 30.3 Å². The summed E-state index contributed by atoms with van der Waals surface area (Å²) in [6, 6.07) is 8.95. The molecule has 1 aromatic carbocycles. The van der Waals surface area contributed by atoms with Crippen molar-refractivity contribution in [3.05, 3.63) is 35.9 Å². The van der Waals surface area contributed by atoms with Crippen molar-refractivity contribution in [1.29, 1.82) is 0 Å². The van der Waals surface area contributed by atoms with Gasteiger partial charge in [-0.05, 0) is 37.4 Å². The van der Waals surface area contributed by atoms with Gasteiger partial charge in [0.15, 0.2) is 0 Å². The molecule has 1 atom stereocenters. The molecule has 104 valence electrons. The van der Waals surface area contributed by atoms with Crippen LogP contribution in [-0.4, -0.2) is 42.8 Å². The van der Waals surface area contributed by atoms with Gasteiger partial charge >= 0.3 is 5.97 Å². The molecule has 4 heteroatoms. The van der Waals surface area contributed by atoms with Crippen molar-refractivity contribution in [2.75, 3.05) is 26.8 Å². The van der Waals surface area contributed by atoms with E-state index in [4.69, 9.17) is 4.74 Å². The average Bonchev–Trinajstić information content (AvgIpc) is 2.42. The SMILES string of the molecule is COCC1CCN(C(C(=O)O)c2ccccc2)CC1. The molecule has 1 N–H and O–H groups in total. The number of rotatable bonds is 5. The van der Waals surface area contributed by atoms with Crippen LogP contribution in [0.4, 0.5) is 0 Å². The molecule has 1 saturated heterocycles. The van der Waals surface area contributed by atoms with Crippen LogP contribution in [0.25, 0.3) is 0 Å². The van der Waals surface area contributed by atoms with Gasteiger partial charge in [0.05, 0.1) is 0 Å². The first-order chi connectivity index (χ1) is 9.22. The Kier molecular flexibility index (Phi) is 4.93. The molecule has 4 nitrogen and oxygen atoms in total. The predicted molar refractivity (Wildman–Crippen MR) is 73.0 cm³/mol. The van der Waals surface area contributed by atoms with Crippen LogP contribution >= 0.6 is 0 Å². The van der Waals surface area contributed by atoms with Crippen LogP contribution in [0.5, 0.6) is 0 Å². The van der Waals surface area contributed by atoms with Crippen molar-refractivity contribution < 1.29 is 14.6 Å². The molecule has 0 aromatic heterocycles. The minimum atomic E-state index is -0.767. The summed E-state index contributed by atoms with van der Waals surface area (Å²) in [5.41, 5.74) is 0.861. The van der Waals surface area contributed by atoms with Crippen molar-refractivity contribution in [2.24, 2.45) is 5.92 Å². The number of carboxylic acid groups (broad SMARTS) is 1. The molecule has 1 unspecified atom stereocenters. The maximum absolute atomic E-state index is 11.5. The normalized spacial score (nSPS) is 19.2. The third kappa shape index (κ3) is 3.55. The van der Waals surface area contributed by atoms with Gasteiger partial charge in [-0.3, -0.25) is 9.69 Å².